The van der Waals surface area contributed by atoms with Crippen molar-refractivity contribution in [3.63, 3.8) is 0 Å². The van der Waals surface area contributed by atoms with Gasteiger partial charge in [0, 0.05) is 18.3 Å². The molecule has 0 bridgehead atoms. The van der Waals surface area contributed by atoms with Crippen molar-refractivity contribution in [1.29, 1.82) is 0 Å². The third-order valence-corrected chi connectivity index (χ3v) is 3.39. The number of carbonyl (C=O) groups excluding carboxylic acids is 1. The van der Waals surface area contributed by atoms with Gasteiger partial charge in [0.25, 0.3) is 0 Å². The Labute approximate surface area is 120 Å². The molecule has 0 aliphatic heterocycles. The minimum Gasteiger partial charge on any atom is -0.493 e. The van der Waals surface area contributed by atoms with Gasteiger partial charge in [-0.15, -0.1) is 0 Å². The van der Waals surface area contributed by atoms with E-state index in [9.17, 15) is 9.90 Å². The van der Waals surface area contributed by atoms with Crippen LogP contribution in [0.3, 0.4) is 0 Å². The highest BCUT2D eigenvalue weighted by Gasteiger charge is 2.22. The number of nitrogens with two attached hydrogens (primary N) is 1. The Balaban J connectivity index is 2.27. The van der Waals surface area contributed by atoms with Gasteiger partial charge in [-0.2, -0.15) is 0 Å². The number of amides is 1. The van der Waals surface area contributed by atoms with E-state index in [0.717, 1.165) is 0 Å². The molecule has 112 valence electrons. The summed E-state index contributed by atoms with van der Waals surface area (Å²) in [5.41, 5.74) is 5.44. The van der Waals surface area contributed by atoms with Crippen molar-refractivity contribution in [2.45, 2.75) is 38.7 Å². The number of hydrogen-bond acceptors (Lipinski definition) is 4. The van der Waals surface area contributed by atoms with E-state index in [-0.39, 0.29) is 25.5 Å². The molecule has 0 atom stereocenters. The van der Waals surface area contributed by atoms with Crippen molar-refractivity contribution in [2.24, 2.45) is 0 Å². The van der Waals surface area contributed by atoms with Crippen LogP contribution in [0.15, 0.2) is 24.3 Å². The van der Waals surface area contributed by atoms with Crippen LogP contribution in [0.5, 0.6) is 5.75 Å². The van der Waals surface area contributed by atoms with Crippen LogP contribution in [0.2, 0.25) is 0 Å². The third kappa shape index (κ3) is 5.48. The molecule has 0 saturated heterocycles. The van der Waals surface area contributed by atoms with Gasteiger partial charge in [0.05, 0.1) is 18.6 Å². The highest BCUT2D eigenvalue weighted by molar-refractivity contribution is 5.76. The first-order chi connectivity index (χ1) is 9.49. The number of nitrogen functional groups attached to an aromatic ring is 1. The standard InChI is InChI=1S/C15H24N2O3/c1-3-15(19,4-2)11-17-14(18)8-9-20-13-7-5-6-12(16)10-13/h5-7,10,19H,3-4,8-9,11,16H2,1-2H3,(H,17,18). The molecule has 1 aromatic carbocycles. The van der Waals surface area contributed by atoms with Crippen LogP contribution in [0.4, 0.5) is 5.69 Å². The van der Waals surface area contributed by atoms with Crippen molar-refractivity contribution in [3.8, 4) is 5.75 Å². The van der Waals surface area contributed by atoms with E-state index in [0.29, 0.717) is 24.3 Å². The minimum absolute atomic E-state index is 0.130. The maximum Gasteiger partial charge on any atom is 0.223 e. The average molecular weight is 280 g/mol. The van der Waals surface area contributed by atoms with Crippen LogP contribution in [0, 0.1) is 0 Å². The molecule has 5 heteroatoms. The molecule has 0 radical (unpaired) electrons. The van der Waals surface area contributed by atoms with Crippen LogP contribution < -0.4 is 15.8 Å². The molecule has 0 fully saturated rings. The Morgan fingerprint density at radius 2 is 2.10 bits per heavy atom. The third-order valence-electron chi connectivity index (χ3n) is 3.39. The Bertz CT molecular complexity index is 431. The minimum atomic E-state index is -0.815. The maximum atomic E-state index is 11.7. The van der Waals surface area contributed by atoms with Gasteiger partial charge in [-0.05, 0) is 25.0 Å². The number of anilines is 1. The molecule has 0 aliphatic rings. The molecule has 0 unspecified atom stereocenters. The summed E-state index contributed by atoms with van der Waals surface area (Å²) in [6.07, 6.45) is 1.48. The Morgan fingerprint density at radius 3 is 2.70 bits per heavy atom. The number of carbonyl (C=O) groups is 1. The normalized spacial score (nSPS) is 11.2. The van der Waals surface area contributed by atoms with E-state index in [1.165, 1.54) is 0 Å². The Morgan fingerprint density at radius 1 is 1.40 bits per heavy atom. The van der Waals surface area contributed by atoms with E-state index in [2.05, 4.69) is 5.32 Å². The highest BCUT2D eigenvalue weighted by atomic mass is 16.5. The van der Waals surface area contributed by atoms with Crippen LogP contribution in [-0.2, 0) is 4.79 Å². The second-order valence-electron chi connectivity index (χ2n) is 4.88. The zero-order chi connectivity index (χ0) is 15.0. The zero-order valence-corrected chi connectivity index (χ0v) is 12.2. The summed E-state index contributed by atoms with van der Waals surface area (Å²) in [4.78, 5) is 11.7. The molecule has 0 aromatic heterocycles. The lowest BCUT2D eigenvalue weighted by Crippen LogP contribution is -2.42. The van der Waals surface area contributed by atoms with Crippen molar-refractivity contribution < 1.29 is 14.6 Å². The second-order valence-corrected chi connectivity index (χ2v) is 4.88. The van der Waals surface area contributed by atoms with Crippen molar-refractivity contribution >= 4 is 11.6 Å². The van der Waals surface area contributed by atoms with Crippen LogP contribution in [-0.4, -0.2) is 29.8 Å². The molecule has 5 nitrogen and oxygen atoms in total. The fourth-order valence-electron chi connectivity index (χ4n) is 1.72. The molecule has 0 spiro atoms. The monoisotopic (exact) mass is 280 g/mol. The Hall–Kier alpha value is -1.75. The summed E-state index contributed by atoms with van der Waals surface area (Å²) < 4.78 is 5.44. The van der Waals surface area contributed by atoms with Gasteiger partial charge in [0.1, 0.15) is 5.75 Å². The lowest BCUT2D eigenvalue weighted by atomic mass is 9.97. The maximum absolute atomic E-state index is 11.7. The number of rotatable bonds is 8. The molecule has 1 aromatic rings. The number of hydrogen-bond donors (Lipinski definition) is 3. The predicted octanol–water partition coefficient (Wildman–Crippen LogP) is 1.70. The smallest absolute Gasteiger partial charge is 0.223 e. The van der Waals surface area contributed by atoms with E-state index in [1.54, 1.807) is 24.3 Å². The molecular weight excluding hydrogens is 256 g/mol. The summed E-state index contributed by atoms with van der Waals surface area (Å²) in [5, 5.41) is 12.8. The second kappa shape index (κ2) is 7.75. The largest absolute Gasteiger partial charge is 0.493 e. The number of ether oxygens (including phenoxy) is 1. The number of benzene rings is 1. The highest BCUT2D eigenvalue weighted by Crippen LogP contribution is 2.15. The first-order valence-electron chi connectivity index (χ1n) is 6.96. The Kier molecular flexibility index (Phi) is 6.31. The summed E-state index contributed by atoms with van der Waals surface area (Å²) in [7, 11) is 0. The molecule has 1 amide bonds. The van der Waals surface area contributed by atoms with Crippen LogP contribution >= 0.6 is 0 Å². The van der Waals surface area contributed by atoms with Crippen LogP contribution in [0.1, 0.15) is 33.1 Å². The lowest BCUT2D eigenvalue weighted by Gasteiger charge is -2.25. The molecule has 1 rings (SSSR count). The van der Waals surface area contributed by atoms with Gasteiger partial charge in [0.15, 0.2) is 0 Å². The summed E-state index contributed by atoms with van der Waals surface area (Å²) in [6, 6.07) is 7.08. The molecular formula is C15H24N2O3. The van der Waals surface area contributed by atoms with Gasteiger partial charge in [-0.3, -0.25) is 4.79 Å². The molecule has 0 aliphatic carbocycles. The van der Waals surface area contributed by atoms with E-state index in [4.69, 9.17) is 10.5 Å². The quantitative estimate of drug-likeness (QED) is 0.633. The van der Waals surface area contributed by atoms with Crippen LogP contribution in [0.25, 0.3) is 0 Å². The van der Waals surface area contributed by atoms with Crippen molar-refractivity contribution in [2.75, 3.05) is 18.9 Å². The lowest BCUT2D eigenvalue weighted by molar-refractivity contribution is -0.122. The fourth-order valence-corrected chi connectivity index (χ4v) is 1.72. The average Bonchev–Trinajstić information content (AvgIpc) is 2.45. The van der Waals surface area contributed by atoms with E-state index in [1.807, 2.05) is 13.8 Å². The van der Waals surface area contributed by atoms with Gasteiger partial charge in [0.2, 0.25) is 5.91 Å². The fraction of sp³-hybridized carbons (Fsp3) is 0.533. The number of aliphatic hydroxyl groups is 1. The summed E-state index contributed by atoms with van der Waals surface area (Å²) in [5.74, 6) is 0.519. The molecule has 0 heterocycles. The van der Waals surface area contributed by atoms with Gasteiger partial charge in [-0.25, -0.2) is 0 Å². The number of nitrogens with one attached hydrogen (secondary N) is 1. The first-order valence-corrected chi connectivity index (χ1v) is 6.96. The summed E-state index contributed by atoms with van der Waals surface area (Å²) in [6.45, 7) is 4.36. The first kappa shape index (κ1) is 16.3. The summed E-state index contributed by atoms with van der Waals surface area (Å²) >= 11 is 0. The van der Waals surface area contributed by atoms with Gasteiger partial charge in [-0.1, -0.05) is 19.9 Å². The van der Waals surface area contributed by atoms with E-state index < -0.39 is 5.60 Å². The molecule has 0 saturated carbocycles. The van der Waals surface area contributed by atoms with Crippen molar-refractivity contribution in [1.82, 2.24) is 5.32 Å². The predicted molar refractivity (Wildman–Crippen MR) is 79.5 cm³/mol. The van der Waals surface area contributed by atoms with Crippen molar-refractivity contribution in [3.05, 3.63) is 24.3 Å². The molecule has 4 N–H and O–H groups in total. The van der Waals surface area contributed by atoms with Gasteiger partial charge >= 0.3 is 0 Å². The SMILES string of the molecule is CCC(O)(CC)CNC(=O)CCOc1cccc(N)c1. The topological polar surface area (TPSA) is 84.6 Å². The zero-order valence-electron chi connectivity index (χ0n) is 12.2. The van der Waals surface area contributed by atoms with Gasteiger partial charge < -0.3 is 20.9 Å². The van der Waals surface area contributed by atoms with E-state index >= 15 is 0 Å². The molecule has 20 heavy (non-hydrogen) atoms.